The van der Waals surface area contributed by atoms with Gasteiger partial charge in [0.1, 0.15) is 11.5 Å². The summed E-state index contributed by atoms with van der Waals surface area (Å²) in [7, 11) is 0. The second-order valence-electron chi connectivity index (χ2n) is 5.98. The Morgan fingerprint density at radius 3 is 2.88 bits per heavy atom. The van der Waals surface area contributed by atoms with Crippen molar-refractivity contribution in [3.63, 3.8) is 0 Å². The molecule has 0 fully saturated rings. The number of thioether (sulfide) groups is 1. The van der Waals surface area contributed by atoms with E-state index in [9.17, 15) is 9.18 Å². The van der Waals surface area contributed by atoms with Crippen LogP contribution < -0.4 is 15.9 Å². The number of amides is 1. The summed E-state index contributed by atoms with van der Waals surface area (Å²) in [5.41, 5.74) is 1.08. The maximum absolute atomic E-state index is 13.8. The van der Waals surface area contributed by atoms with Crippen molar-refractivity contribution in [2.24, 2.45) is 10.1 Å². The fraction of sp³-hybridized carbons (Fsp3) is 0.211. The largest absolute Gasteiger partial charge is 0.298 e. The highest BCUT2D eigenvalue weighted by atomic mass is 32.2. The van der Waals surface area contributed by atoms with Crippen molar-refractivity contribution in [3.8, 4) is 0 Å². The summed E-state index contributed by atoms with van der Waals surface area (Å²) in [4.78, 5) is 17.5. The minimum atomic E-state index is -0.584. The van der Waals surface area contributed by atoms with Crippen LogP contribution in [0.25, 0.3) is 5.70 Å². The third-order valence-corrected chi connectivity index (χ3v) is 5.17. The molecule has 0 saturated heterocycles. The molecule has 2 aliphatic rings. The number of nitrogens with zero attached hydrogens (tertiary/aromatic N) is 3. The lowest BCUT2D eigenvalue weighted by atomic mass is 10.1. The number of para-hydroxylation sites is 1. The zero-order valence-corrected chi connectivity index (χ0v) is 15.0. The number of amidine groups is 1. The maximum Gasteiger partial charge on any atom is 0.276 e. The van der Waals surface area contributed by atoms with E-state index in [1.165, 1.54) is 23.9 Å². The average Bonchev–Trinajstić information content (AvgIpc) is 2.65. The zero-order chi connectivity index (χ0) is 18.1. The number of hydrazone groups is 1. The number of fused-ring (bicyclic) bond motifs is 2. The van der Waals surface area contributed by atoms with Crippen LogP contribution in [0.3, 0.4) is 0 Å². The molecule has 1 amide bonds. The number of carbonyl (C=O) groups excluding carboxylic acids is 1. The molecule has 132 valence electrons. The van der Waals surface area contributed by atoms with Crippen LogP contribution >= 0.6 is 11.8 Å². The third-order valence-electron chi connectivity index (χ3n) is 4.11. The maximum atomic E-state index is 13.8. The van der Waals surface area contributed by atoms with Gasteiger partial charge in [-0.05, 0) is 24.6 Å². The lowest BCUT2D eigenvalue weighted by Gasteiger charge is -2.34. The first kappa shape index (κ1) is 16.8. The molecule has 7 heteroatoms. The number of carbonyl (C=O) groups is 1. The van der Waals surface area contributed by atoms with E-state index in [4.69, 9.17) is 4.99 Å². The van der Waals surface area contributed by atoms with Crippen molar-refractivity contribution in [2.45, 2.75) is 19.5 Å². The quantitative estimate of drug-likeness (QED) is 0.903. The lowest BCUT2D eigenvalue weighted by Crippen LogP contribution is -2.50. The minimum Gasteiger partial charge on any atom is -0.298 e. The van der Waals surface area contributed by atoms with Crippen molar-refractivity contribution in [2.75, 3.05) is 5.75 Å². The first-order valence-corrected chi connectivity index (χ1v) is 9.40. The van der Waals surface area contributed by atoms with Gasteiger partial charge in [0.25, 0.3) is 5.91 Å². The molecule has 2 heterocycles. The highest BCUT2D eigenvalue weighted by Gasteiger charge is 2.34. The molecule has 0 spiro atoms. The van der Waals surface area contributed by atoms with Crippen molar-refractivity contribution in [1.82, 2.24) is 10.3 Å². The smallest absolute Gasteiger partial charge is 0.276 e. The van der Waals surface area contributed by atoms with Gasteiger partial charge in [-0.1, -0.05) is 49.0 Å². The van der Waals surface area contributed by atoms with Crippen LogP contribution in [0.1, 0.15) is 25.1 Å². The van der Waals surface area contributed by atoms with Crippen LogP contribution in [-0.4, -0.2) is 21.8 Å². The molecule has 0 aromatic heterocycles. The van der Waals surface area contributed by atoms with Gasteiger partial charge in [0.2, 0.25) is 0 Å². The van der Waals surface area contributed by atoms with Crippen LogP contribution in [0, 0.1) is 5.82 Å². The Morgan fingerprint density at radius 1 is 1.23 bits per heavy atom. The van der Waals surface area contributed by atoms with Gasteiger partial charge in [0.05, 0.1) is 5.36 Å². The van der Waals surface area contributed by atoms with Crippen molar-refractivity contribution in [1.29, 1.82) is 0 Å². The Kier molecular flexibility index (Phi) is 4.46. The van der Waals surface area contributed by atoms with E-state index in [1.807, 2.05) is 24.3 Å². The minimum absolute atomic E-state index is 0.220. The molecule has 2 aliphatic heterocycles. The van der Waals surface area contributed by atoms with Crippen LogP contribution in [-0.2, 0) is 4.79 Å². The fourth-order valence-electron chi connectivity index (χ4n) is 2.98. The van der Waals surface area contributed by atoms with Gasteiger partial charge in [-0.25, -0.2) is 9.40 Å². The van der Waals surface area contributed by atoms with E-state index in [1.54, 1.807) is 17.1 Å². The molecule has 4 rings (SSSR count). The fourth-order valence-corrected chi connectivity index (χ4v) is 3.68. The number of rotatable bonds is 3. The predicted octanol–water partition coefficient (Wildman–Crippen LogP) is 2.11. The van der Waals surface area contributed by atoms with Crippen molar-refractivity contribution in [3.05, 3.63) is 70.5 Å². The molecule has 1 N–H and O–H groups in total. The predicted molar refractivity (Wildman–Crippen MR) is 99.9 cm³/mol. The van der Waals surface area contributed by atoms with Crippen LogP contribution in [0.4, 0.5) is 4.39 Å². The average molecular weight is 368 g/mol. The highest BCUT2D eigenvalue weighted by Crippen LogP contribution is 2.30. The number of nitrogens with one attached hydrogen (secondary N) is 1. The Balaban J connectivity index is 1.90. The Labute approximate surface area is 154 Å². The van der Waals surface area contributed by atoms with Crippen LogP contribution in [0.2, 0.25) is 0 Å². The summed E-state index contributed by atoms with van der Waals surface area (Å²) >= 11 is 1.49. The van der Waals surface area contributed by atoms with Crippen molar-refractivity contribution < 1.29 is 9.18 Å². The molecule has 2 aromatic carbocycles. The van der Waals surface area contributed by atoms with E-state index in [-0.39, 0.29) is 11.7 Å². The second-order valence-corrected chi connectivity index (χ2v) is 7.06. The molecular weight excluding hydrogens is 351 g/mol. The summed E-state index contributed by atoms with van der Waals surface area (Å²) < 4.78 is 13.8. The molecule has 0 bridgehead atoms. The molecule has 0 radical (unpaired) electrons. The Hall–Kier alpha value is -2.67. The molecule has 0 saturated carbocycles. The molecule has 5 nitrogen and oxygen atoms in total. The topological polar surface area (TPSA) is 57.1 Å². The van der Waals surface area contributed by atoms with Gasteiger partial charge in [-0.15, -0.1) is 5.10 Å². The third kappa shape index (κ3) is 2.99. The normalized spacial score (nSPS) is 18.5. The lowest BCUT2D eigenvalue weighted by molar-refractivity contribution is -0.116. The van der Waals surface area contributed by atoms with Gasteiger partial charge in [0.15, 0.2) is 11.3 Å². The molecule has 26 heavy (non-hydrogen) atoms. The number of hydrogen-bond acceptors (Lipinski definition) is 5. The first-order chi connectivity index (χ1) is 12.7. The van der Waals surface area contributed by atoms with E-state index >= 15 is 0 Å². The second kappa shape index (κ2) is 6.92. The van der Waals surface area contributed by atoms with Gasteiger partial charge in [-0.2, -0.15) is 0 Å². The number of halogens is 1. The van der Waals surface area contributed by atoms with Gasteiger partial charge >= 0.3 is 0 Å². The van der Waals surface area contributed by atoms with Gasteiger partial charge < -0.3 is 0 Å². The first-order valence-electron chi connectivity index (χ1n) is 8.42. The van der Waals surface area contributed by atoms with Crippen LogP contribution in [0.15, 0.2) is 58.6 Å². The van der Waals surface area contributed by atoms with Crippen LogP contribution in [0.5, 0.6) is 0 Å². The molecule has 1 atom stereocenters. The van der Waals surface area contributed by atoms with E-state index in [2.05, 4.69) is 17.3 Å². The molecule has 2 aromatic rings. The summed E-state index contributed by atoms with van der Waals surface area (Å²) in [5.74, 6) is 0.284. The molecule has 0 unspecified atom stereocenters. The van der Waals surface area contributed by atoms with E-state index in [0.717, 1.165) is 17.4 Å². The molecule has 0 aliphatic carbocycles. The highest BCUT2D eigenvalue weighted by molar-refractivity contribution is 8.13. The summed E-state index contributed by atoms with van der Waals surface area (Å²) in [6, 6.07) is 13.7. The summed E-state index contributed by atoms with van der Waals surface area (Å²) in [6.45, 7) is 2.07. The standard InChI is InChI=1S/C19H17FN4OS/c1-2-10-26-19-22-18(25)16-14-8-3-4-9-15(14)21-17(24(16)23-19)12-6-5-7-13(20)11-12/h3-9,11,17H,2,10H2,1H3,(H,22,23,25)/t17-/m0/s1. The monoisotopic (exact) mass is 368 g/mol. The molecular formula is C19H17FN4OS. The number of hydrogen-bond donors (Lipinski definition) is 1. The van der Waals surface area contributed by atoms with E-state index < -0.39 is 6.17 Å². The SMILES string of the molecule is CCCSC1=NN2C(=c3ccccc3=N[C@@H]2c2cccc(F)c2)C(=O)N1. The summed E-state index contributed by atoms with van der Waals surface area (Å²) in [6.07, 6.45) is 0.385. The Bertz CT molecular complexity index is 1020. The van der Waals surface area contributed by atoms with E-state index in [0.29, 0.717) is 21.8 Å². The summed E-state index contributed by atoms with van der Waals surface area (Å²) in [5, 5.41) is 11.0. The van der Waals surface area contributed by atoms with Crippen molar-refractivity contribution >= 4 is 28.5 Å². The van der Waals surface area contributed by atoms with Gasteiger partial charge in [-0.3, -0.25) is 15.1 Å². The number of benzene rings is 2. The zero-order valence-electron chi connectivity index (χ0n) is 14.1. The Morgan fingerprint density at radius 2 is 2.08 bits per heavy atom. The van der Waals surface area contributed by atoms with Gasteiger partial charge in [0, 0.05) is 16.5 Å².